The van der Waals surface area contributed by atoms with E-state index in [9.17, 15) is 13.2 Å². The molecule has 0 aromatic heterocycles. The minimum absolute atomic E-state index is 0.200. The average Bonchev–Trinajstić information content (AvgIpc) is 3.20. The van der Waals surface area contributed by atoms with Crippen molar-refractivity contribution in [2.45, 2.75) is 24.7 Å². The quantitative estimate of drug-likeness (QED) is 0.737. The zero-order valence-electron chi connectivity index (χ0n) is 16.7. The van der Waals surface area contributed by atoms with E-state index in [0.29, 0.717) is 36.2 Å². The van der Waals surface area contributed by atoms with Gasteiger partial charge in [-0.1, -0.05) is 13.0 Å². The van der Waals surface area contributed by atoms with E-state index in [1.54, 1.807) is 34.6 Å². The number of carbonyl (C=O) groups excluding carboxylic acids is 1. The molecule has 0 aliphatic carbocycles. The maximum atomic E-state index is 12.8. The number of piperidine rings is 1. The second-order valence-corrected chi connectivity index (χ2v) is 9.51. The molecule has 0 bridgehead atoms. The summed E-state index contributed by atoms with van der Waals surface area (Å²) in [6.45, 7) is 3.37. The van der Waals surface area contributed by atoms with Crippen LogP contribution in [0.15, 0.2) is 53.4 Å². The van der Waals surface area contributed by atoms with Gasteiger partial charge in [0.15, 0.2) is 11.5 Å². The first-order chi connectivity index (χ1) is 14.4. The number of amides is 1. The molecule has 7 nitrogen and oxygen atoms in total. The maximum Gasteiger partial charge on any atom is 0.248 e. The van der Waals surface area contributed by atoms with Gasteiger partial charge in [-0.3, -0.25) is 4.79 Å². The van der Waals surface area contributed by atoms with Gasteiger partial charge in [0.25, 0.3) is 0 Å². The van der Waals surface area contributed by atoms with Gasteiger partial charge in [-0.15, -0.1) is 0 Å². The summed E-state index contributed by atoms with van der Waals surface area (Å²) in [4.78, 5) is 12.4. The molecule has 2 aliphatic rings. The maximum absolute atomic E-state index is 12.8. The Morgan fingerprint density at radius 1 is 1.13 bits per heavy atom. The molecular weight excluding hydrogens is 404 g/mol. The predicted molar refractivity (Wildman–Crippen MR) is 114 cm³/mol. The Labute approximate surface area is 176 Å². The Morgan fingerprint density at radius 3 is 2.67 bits per heavy atom. The van der Waals surface area contributed by atoms with Crippen molar-refractivity contribution >= 4 is 27.7 Å². The van der Waals surface area contributed by atoms with Crippen LogP contribution in [0.4, 0.5) is 5.69 Å². The number of rotatable bonds is 5. The van der Waals surface area contributed by atoms with Crippen LogP contribution in [0.2, 0.25) is 0 Å². The zero-order valence-corrected chi connectivity index (χ0v) is 17.5. The fraction of sp³-hybridized carbons (Fsp3) is 0.318. The van der Waals surface area contributed by atoms with Gasteiger partial charge in [0, 0.05) is 24.9 Å². The third-order valence-electron chi connectivity index (χ3n) is 5.20. The summed E-state index contributed by atoms with van der Waals surface area (Å²) >= 11 is 0. The molecule has 2 aromatic rings. The number of hydrogen-bond acceptors (Lipinski definition) is 5. The second-order valence-electron chi connectivity index (χ2n) is 7.57. The van der Waals surface area contributed by atoms with Gasteiger partial charge in [-0.2, -0.15) is 4.31 Å². The molecule has 1 N–H and O–H groups in total. The van der Waals surface area contributed by atoms with E-state index in [0.717, 1.165) is 18.4 Å². The van der Waals surface area contributed by atoms with Crippen LogP contribution in [0.25, 0.3) is 6.08 Å². The lowest BCUT2D eigenvalue weighted by Crippen LogP contribution is -2.39. The minimum Gasteiger partial charge on any atom is -0.454 e. The predicted octanol–water partition coefficient (Wildman–Crippen LogP) is 3.49. The van der Waals surface area contributed by atoms with E-state index < -0.39 is 10.0 Å². The van der Waals surface area contributed by atoms with Crippen LogP contribution in [0.3, 0.4) is 0 Å². The Bertz CT molecular complexity index is 1060. The van der Waals surface area contributed by atoms with Crippen LogP contribution in [-0.4, -0.2) is 38.5 Å². The van der Waals surface area contributed by atoms with Gasteiger partial charge in [0.2, 0.25) is 22.7 Å². The molecule has 1 unspecified atom stereocenters. The van der Waals surface area contributed by atoms with Gasteiger partial charge < -0.3 is 14.8 Å². The molecule has 8 heteroatoms. The number of hydrogen-bond donors (Lipinski definition) is 1. The van der Waals surface area contributed by atoms with Crippen molar-refractivity contribution in [2.24, 2.45) is 5.92 Å². The van der Waals surface area contributed by atoms with Crippen LogP contribution in [0.1, 0.15) is 25.3 Å². The van der Waals surface area contributed by atoms with Gasteiger partial charge in [-0.05, 0) is 66.8 Å². The summed E-state index contributed by atoms with van der Waals surface area (Å²) in [5, 5.41) is 2.74. The molecule has 1 atom stereocenters. The second kappa shape index (κ2) is 8.49. The Kier molecular flexibility index (Phi) is 5.78. The summed E-state index contributed by atoms with van der Waals surface area (Å²) in [7, 11) is -3.51. The molecule has 4 rings (SSSR count). The number of carbonyl (C=O) groups is 1. The molecular formula is C22H24N2O5S. The van der Waals surface area contributed by atoms with E-state index in [-0.39, 0.29) is 17.6 Å². The fourth-order valence-electron chi connectivity index (χ4n) is 3.60. The minimum atomic E-state index is -3.51. The highest BCUT2D eigenvalue weighted by Gasteiger charge is 2.28. The molecule has 2 aliphatic heterocycles. The molecule has 158 valence electrons. The smallest absolute Gasteiger partial charge is 0.248 e. The van der Waals surface area contributed by atoms with E-state index in [1.807, 2.05) is 6.07 Å². The Balaban J connectivity index is 1.39. The number of ether oxygens (including phenoxy) is 2. The number of anilines is 1. The largest absolute Gasteiger partial charge is 0.454 e. The van der Waals surface area contributed by atoms with E-state index in [1.165, 1.54) is 18.2 Å². The first kappa shape index (κ1) is 20.4. The molecule has 2 heterocycles. The van der Waals surface area contributed by atoms with Crippen LogP contribution >= 0.6 is 0 Å². The first-order valence-electron chi connectivity index (χ1n) is 9.91. The van der Waals surface area contributed by atoms with Crippen molar-refractivity contribution in [1.82, 2.24) is 4.31 Å². The van der Waals surface area contributed by atoms with Gasteiger partial charge in [0.05, 0.1) is 4.90 Å². The summed E-state index contributed by atoms with van der Waals surface area (Å²) in [5.74, 6) is 1.39. The third kappa shape index (κ3) is 4.49. The molecule has 1 fully saturated rings. The molecule has 30 heavy (non-hydrogen) atoms. The Morgan fingerprint density at radius 2 is 1.90 bits per heavy atom. The van der Waals surface area contributed by atoms with Crippen molar-refractivity contribution < 1.29 is 22.7 Å². The summed E-state index contributed by atoms with van der Waals surface area (Å²) < 4.78 is 37.8. The van der Waals surface area contributed by atoms with Crippen molar-refractivity contribution in [3.05, 3.63) is 54.1 Å². The number of nitrogens with one attached hydrogen (secondary N) is 1. The fourth-order valence-corrected chi connectivity index (χ4v) is 5.19. The lowest BCUT2D eigenvalue weighted by atomic mass is 10.0. The van der Waals surface area contributed by atoms with Crippen LogP contribution in [0, 0.1) is 5.92 Å². The number of sulfonamides is 1. The summed E-state index contributed by atoms with van der Waals surface area (Å²) in [5.41, 5.74) is 1.34. The van der Waals surface area contributed by atoms with Gasteiger partial charge in [-0.25, -0.2) is 8.42 Å². The van der Waals surface area contributed by atoms with E-state index in [4.69, 9.17) is 9.47 Å². The van der Waals surface area contributed by atoms with Crippen molar-refractivity contribution in [3.8, 4) is 11.5 Å². The number of nitrogens with zero attached hydrogens (tertiary/aromatic N) is 1. The normalized spacial score (nSPS) is 19.2. The SMILES string of the molecule is CC1CCCN(S(=O)(=O)c2ccc(NC(=O)C=Cc3ccc4c(c3)OCO4)cc2)C1. The molecule has 2 aromatic carbocycles. The molecule has 0 saturated carbocycles. The number of benzene rings is 2. The molecule has 1 saturated heterocycles. The van der Waals surface area contributed by atoms with Crippen LogP contribution in [-0.2, 0) is 14.8 Å². The highest BCUT2D eigenvalue weighted by Crippen LogP contribution is 2.32. The zero-order chi connectivity index (χ0) is 21.1. The Hall–Kier alpha value is -2.84. The van der Waals surface area contributed by atoms with Gasteiger partial charge >= 0.3 is 0 Å². The van der Waals surface area contributed by atoms with Crippen molar-refractivity contribution in [1.29, 1.82) is 0 Å². The van der Waals surface area contributed by atoms with E-state index in [2.05, 4.69) is 12.2 Å². The van der Waals surface area contributed by atoms with E-state index >= 15 is 0 Å². The van der Waals surface area contributed by atoms with Crippen LogP contribution < -0.4 is 14.8 Å². The molecule has 1 amide bonds. The number of fused-ring (bicyclic) bond motifs is 1. The lowest BCUT2D eigenvalue weighted by molar-refractivity contribution is -0.111. The van der Waals surface area contributed by atoms with Gasteiger partial charge in [0.1, 0.15) is 0 Å². The van der Waals surface area contributed by atoms with Crippen LogP contribution in [0.5, 0.6) is 11.5 Å². The highest BCUT2D eigenvalue weighted by atomic mass is 32.2. The molecule has 0 spiro atoms. The highest BCUT2D eigenvalue weighted by molar-refractivity contribution is 7.89. The topological polar surface area (TPSA) is 84.9 Å². The van der Waals surface area contributed by atoms with Crippen molar-refractivity contribution in [2.75, 3.05) is 25.2 Å². The third-order valence-corrected chi connectivity index (χ3v) is 7.08. The standard InChI is InChI=1S/C22H24N2O5S/c1-16-3-2-12-24(14-16)30(26,27)19-8-6-18(7-9-19)23-22(25)11-5-17-4-10-20-21(13-17)29-15-28-20/h4-11,13,16H,2-3,12,14-15H2,1H3,(H,23,25). The monoisotopic (exact) mass is 428 g/mol. The average molecular weight is 429 g/mol. The lowest BCUT2D eigenvalue weighted by Gasteiger charge is -2.30. The first-order valence-corrected chi connectivity index (χ1v) is 11.3. The molecule has 0 radical (unpaired) electrons. The summed E-state index contributed by atoms with van der Waals surface area (Å²) in [6.07, 6.45) is 5.02. The van der Waals surface area contributed by atoms with Crippen molar-refractivity contribution in [3.63, 3.8) is 0 Å². The summed E-state index contributed by atoms with van der Waals surface area (Å²) in [6, 6.07) is 11.7.